The topological polar surface area (TPSA) is 61.2 Å². The van der Waals surface area contributed by atoms with Crippen LogP contribution < -0.4 is 4.74 Å². The first-order chi connectivity index (χ1) is 9.38. The van der Waals surface area contributed by atoms with Crippen molar-refractivity contribution in [3.05, 3.63) is 40.3 Å². The largest absolute Gasteiger partial charge is 0.489 e. The summed E-state index contributed by atoms with van der Waals surface area (Å²) in [5, 5.41) is 0.171. The van der Waals surface area contributed by atoms with Gasteiger partial charge in [-0.15, -0.1) is 0 Å². The highest BCUT2D eigenvalue weighted by Crippen LogP contribution is 2.37. The van der Waals surface area contributed by atoms with Crippen LogP contribution in [0.4, 0.5) is 0 Å². The van der Waals surface area contributed by atoms with Crippen LogP contribution >= 0.6 is 38.2 Å². The monoisotopic (exact) mass is 398 g/mol. The Labute approximate surface area is 134 Å². The van der Waals surface area contributed by atoms with Gasteiger partial charge in [0.05, 0.1) is 17.9 Å². The Morgan fingerprint density at radius 2 is 2.15 bits per heavy atom. The maximum Gasteiger partial charge on any atom is 0.265 e. The molecule has 0 spiro atoms. The average molecular weight is 400 g/mol. The molecule has 0 fully saturated rings. The molecule has 2 rings (SSSR count). The first-order valence-electron chi connectivity index (χ1n) is 5.40. The van der Waals surface area contributed by atoms with Gasteiger partial charge in [-0.2, -0.15) is 0 Å². The number of hydrogen-bond donors (Lipinski definition) is 0. The number of aromatic nitrogens is 2. The lowest BCUT2D eigenvalue weighted by atomic mass is 10.3. The minimum absolute atomic E-state index is 0.0463. The van der Waals surface area contributed by atoms with Gasteiger partial charge in [0.25, 0.3) is 9.05 Å². The smallest absolute Gasteiger partial charge is 0.265 e. The zero-order chi connectivity index (χ0) is 14.8. The lowest BCUT2D eigenvalue weighted by Gasteiger charge is -2.12. The van der Waals surface area contributed by atoms with Crippen molar-refractivity contribution in [1.29, 1.82) is 0 Å². The van der Waals surface area contributed by atoms with Crippen LogP contribution in [0.2, 0.25) is 5.02 Å². The van der Waals surface area contributed by atoms with Crippen molar-refractivity contribution in [1.82, 2.24) is 9.55 Å². The Kier molecular flexibility index (Phi) is 4.95. The van der Waals surface area contributed by atoms with Gasteiger partial charge in [-0.25, -0.2) is 13.4 Å². The molecule has 0 atom stereocenters. The molecule has 0 radical (unpaired) electrons. The third kappa shape index (κ3) is 3.88. The van der Waals surface area contributed by atoms with E-state index in [1.54, 1.807) is 29.4 Å². The molecular formula is C11H9BrCl2N2O3S. The second-order valence-electron chi connectivity index (χ2n) is 3.80. The number of ether oxygens (including phenoxy) is 1. The molecule has 1 aromatic heterocycles. The quantitative estimate of drug-likeness (QED) is 0.723. The molecule has 0 aliphatic rings. The van der Waals surface area contributed by atoms with Gasteiger partial charge in [-0.1, -0.05) is 27.5 Å². The molecule has 0 unspecified atom stereocenters. The van der Waals surface area contributed by atoms with Crippen LogP contribution in [0.5, 0.6) is 5.75 Å². The van der Waals surface area contributed by atoms with Crippen LogP contribution in [0.3, 0.4) is 0 Å². The summed E-state index contributed by atoms with van der Waals surface area (Å²) in [7, 11) is 1.43. The van der Waals surface area contributed by atoms with Gasteiger partial charge in [-0.05, 0) is 12.1 Å². The van der Waals surface area contributed by atoms with Crippen molar-refractivity contribution < 1.29 is 13.2 Å². The van der Waals surface area contributed by atoms with Crippen LogP contribution in [0.15, 0.2) is 40.2 Å². The zero-order valence-electron chi connectivity index (χ0n) is 9.96. The molecule has 20 heavy (non-hydrogen) atoms. The summed E-state index contributed by atoms with van der Waals surface area (Å²) in [5.41, 5.74) is 0. The highest BCUT2D eigenvalue weighted by atomic mass is 79.9. The van der Waals surface area contributed by atoms with Crippen LogP contribution in [-0.4, -0.2) is 24.6 Å². The third-order valence-corrected chi connectivity index (χ3v) is 4.46. The van der Waals surface area contributed by atoms with Crippen molar-refractivity contribution in [2.45, 2.75) is 11.4 Å². The first-order valence-corrected chi connectivity index (χ1v) is 8.88. The summed E-state index contributed by atoms with van der Waals surface area (Å²) in [4.78, 5) is 3.73. The Bertz CT molecular complexity index is 705. The zero-order valence-corrected chi connectivity index (χ0v) is 13.9. The fraction of sp³-hybridized carbons (Fsp3) is 0.182. The Morgan fingerprint density at radius 3 is 2.75 bits per heavy atom. The standard InChI is InChI=1S/C11H9BrCl2N2O3S/c12-8-5-9(13)11(10(6-8)20(14,17)18)19-4-3-16-2-1-15-7-16/h1-2,5-7H,3-4H2. The van der Waals surface area contributed by atoms with Crippen LogP contribution in [0.25, 0.3) is 0 Å². The van der Waals surface area contributed by atoms with Crippen LogP contribution in [0.1, 0.15) is 0 Å². The van der Waals surface area contributed by atoms with Crippen molar-refractivity contribution >= 4 is 47.3 Å². The van der Waals surface area contributed by atoms with Crippen LogP contribution in [-0.2, 0) is 15.6 Å². The predicted molar refractivity (Wildman–Crippen MR) is 79.9 cm³/mol. The molecule has 0 bridgehead atoms. The van der Waals surface area contributed by atoms with Crippen molar-refractivity contribution in [2.75, 3.05) is 6.61 Å². The summed E-state index contributed by atoms with van der Waals surface area (Å²) < 4.78 is 30.8. The van der Waals surface area contributed by atoms with Gasteiger partial charge >= 0.3 is 0 Å². The predicted octanol–water partition coefficient (Wildman–Crippen LogP) is 3.31. The number of hydrogen-bond acceptors (Lipinski definition) is 4. The van der Waals surface area contributed by atoms with E-state index < -0.39 is 9.05 Å². The molecule has 9 heteroatoms. The first kappa shape index (κ1) is 15.6. The number of halogens is 3. The number of rotatable bonds is 5. The molecule has 0 saturated carbocycles. The highest BCUT2D eigenvalue weighted by molar-refractivity contribution is 9.10. The van der Waals surface area contributed by atoms with Crippen molar-refractivity contribution in [3.8, 4) is 5.75 Å². The molecule has 0 aliphatic carbocycles. The summed E-state index contributed by atoms with van der Waals surface area (Å²) >= 11 is 9.17. The Hall–Kier alpha value is -0.760. The summed E-state index contributed by atoms with van der Waals surface area (Å²) in [6.07, 6.45) is 5.04. The van der Waals surface area contributed by atoms with Crippen molar-refractivity contribution in [2.24, 2.45) is 0 Å². The van der Waals surface area contributed by atoms with Gasteiger partial charge in [0.15, 0.2) is 5.75 Å². The number of benzene rings is 1. The molecular weight excluding hydrogens is 391 g/mol. The lowest BCUT2D eigenvalue weighted by molar-refractivity contribution is 0.291. The molecule has 108 valence electrons. The van der Waals surface area contributed by atoms with E-state index in [2.05, 4.69) is 20.9 Å². The lowest BCUT2D eigenvalue weighted by Crippen LogP contribution is -2.08. The van der Waals surface area contributed by atoms with Crippen LogP contribution in [0, 0.1) is 0 Å². The van der Waals surface area contributed by atoms with E-state index in [9.17, 15) is 8.42 Å². The Morgan fingerprint density at radius 1 is 1.40 bits per heavy atom. The molecule has 1 aromatic carbocycles. The van der Waals surface area contributed by atoms with Crippen molar-refractivity contribution in [3.63, 3.8) is 0 Å². The Balaban J connectivity index is 2.22. The highest BCUT2D eigenvalue weighted by Gasteiger charge is 2.21. The van der Waals surface area contributed by atoms with E-state index in [1.807, 2.05) is 0 Å². The summed E-state index contributed by atoms with van der Waals surface area (Å²) in [5.74, 6) is 0.0463. The molecule has 1 heterocycles. The summed E-state index contributed by atoms with van der Waals surface area (Å²) in [6, 6.07) is 2.89. The maximum absolute atomic E-state index is 11.5. The van der Waals surface area contributed by atoms with E-state index in [4.69, 9.17) is 27.0 Å². The second kappa shape index (κ2) is 6.34. The van der Waals surface area contributed by atoms with E-state index >= 15 is 0 Å². The minimum atomic E-state index is -3.95. The van der Waals surface area contributed by atoms with Gasteiger partial charge in [0.1, 0.15) is 11.5 Å². The molecule has 5 nitrogen and oxygen atoms in total. The van der Waals surface area contributed by atoms with Gasteiger partial charge < -0.3 is 9.30 Å². The number of imidazole rings is 1. The fourth-order valence-electron chi connectivity index (χ4n) is 1.53. The fourth-order valence-corrected chi connectivity index (χ4v) is 3.60. The summed E-state index contributed by atoms with van der Waals surface area (Å²) in [6.45, 7) is 0.741. The second-order valence-corrected chi connectivity index (χ2v) is 7.66. The molecule has 2 aromatic rings. The third-order valence-electron chi connectivity index (χ3n) is 2.39. The number of nitrogens with zero attached hydrogens (tertiary/aromatic N) is 2. The van der Waals surface area contributed by atoms with Gasteiger partial charge in [0.2, 0.25) is 0 Å². The normalized spacial score (nSPS) is 11.6. The van der Waals surface area contributed by atoms with Gasteiger partial charge in [0, 0.05) is 27.5 Å². The molecule has 0 amide bonds. The molecule has 0 saturated heterocycles. The molecule has 0 aliphatic heterocycles. The van der Waals surface area contributed by atoms with E-state index in [1.165, 1.54) is 6.07 Å². The SMILES string of the molecule is O=S(=O)(Cl)c1cc(Br)cc(Cl)c1OCCn1ccnc1. The maximum atomic E-state index is 11.5. The van der Waals surface area contributed by atoms with Gasteiger partial charge in [-0.3, -0.25) is 0 Å². The average Bonchev–Trinajstić information content (AvgIpc) is 2.83. The van der Waals surface area contributed by atoms with E-state index in [0.717, 1.165) is 0 Å². The minimum Gasteiger partial charge on any atom is -0.489 e. The van der Waals surface area contributed by atoms with E-state index in [-0.39, 0.29) is 22.3 Å². The van der Waals surface area contributed by atoms with E-state index in [0.29, 0.717) is 11.0 Å². The molecule has 0 N–H and O–H groups in total.